The Balaban J connectivity index is 2.82. The zero-order valence-corrected chi connectivity index (χ0v) is 17.1. The maximum absolute atomic E-state index is 14.5. The largest absolute Gasteiger partial charge is 0.474 e. The predicted octanol–water partition coefficient (Wildman–Crippen LogP) is 4.10. The molecule has 0 amide bonds. The van der Waals surface area contributed by atoms with Crippen molar-refractivity contribution in [3.05, 3.63) is 35.6 Å². The van der Waals surface area contributed by atoms with Gasteiger partial charge in [0.1, 0.15) is 5.60 Å². The van der Waals surface area contributed by atoms with E-state index in [2.05, 4.69) is 29.7 Å². The van der Waals surface area contributed by atoms with Crippen LogP contribution >= 0.6 is 0 Å². The van der Waals surface area contributed by atoms with E-state index in [1.54, 1.807) is 0 Å². The Bertz CT molecular complexity index is 673. The Labute approximate surface area is 157 Å². The molecule has 2 atom stereocenters. The summed E-state index contributed by atoms with van der Waals surface area (Å²) in [6, 6.07) is 1.44. The number of aryl methyl sites for hydroxylation is 1. The highest BCUT2D eigenvalue weighted by atomic mass is 19.1. The third-order valence-corrected chi connectivity index (χ3v) is 4.35. The summed E-state index contributed by atoms with van der Waals surface area (Å²) in [5, 5.41) is 3.20. The van der Waals surface area contributed by atoms with E-state index in [9.17, 15) is 4.39 Å². The van der Waals surface area contributed by atoms with E-state index in [4.69, 9.17) is 11.2 Å². The molecule has 0 aliphatic rings. The third-order valence-electron chi connectivity index (χ3n) is 4.35. The summed E-state index contributed by atoms with van der Waals surface area (Å²) < 4.78 is 20.2. The lowest BCUT2D eigenvalue weighted by atomic mass is 10.0. The summed E-state index contributed by atoms with van der Waals surface area (Å²) >= 11 is 0. The highest BCUT2D eigenvalue weighted by Crippen LogP contribution is 2.23. The summed E-state index contributed by atoms with van der Waals surface area (Å²) in [7, 11) is 1.85. The van der Waals surface area contributed by atoms with Gasteiger partial charge in [-0.3, -0.25) is 0 Å². The second kappa shape index (κ2) is 8.93. The zero-order chi connectivity index (χ0) is 20.1. The molecule has 5 heteroatoms. The van der Waals surface area contributed by atoms with Crippen LogP contribution in [0.1, 0.15) is 52.8 Å². The number of anilines is 1. The van der Waals surface area contributed by atoms with Gasteiger partial charge >= 0.3 is 0 Å². The molecule has 0 spiro atoms. The molecule has 2 unspecified atom stereocenters. The molecule has 0 aliphatic heterocycles. The van der Waals surface area contributed by atoms with Gasteiger partial charge in [0.2, 0.25) is 0 Å². The Morgan fingerprint density at radius 1 is 1.46 bits per heavy atom. The molecule has 0 fully saturated rings. The van der Waals surface area contributed by atoms with Gasteiger partial charge < -0.3 is 15.0 Å². The Hall–Kier alpha value is -2.22. The van der Waals surface area contributed by atoms with Crippen LogP contribution in [0.15, 0.2) is 18.5 Å². The first kappa shape index (κ1) is 21.8. The highest BCUT2D eigenvalue weighted by molar-refractivity contribution is 5.48. The van der Waals surface area contributed by atoms with Crippen molar-refractivity contribution in [2.75, 3.05) is 18.5 Å². The fourth-order valence-electron chi connectivity index (χ4n) is 2.58. The first-order valence-corrected chi connectivity index (χ1v) is 9.00. The first-order chi connectivity index (χ1) is 12.0. The molecule has 0 saturated heterocycles. The Kier molecular flexibility index (Phi) is 7.50. The molecule has 0 radical (unpaired) electrons. The molecule has 0 bridgehead atoms. The van der Waals surface area contributed by atoms with Gasteiger partial charge in [0.05, 0.1) is 5.69 Å². The summed E-state index contributed by atoms with van der Waals surface area (Å²) in [5.41, 5.74) is 0.957. The molecule has 4 nitrogen and oxygen atoms in total. The number of nitrogens with zero attached hydrogens (tertiary/aromatic N) is 2. The Morgan fingerprint density at radius 2 is 2.08 bits per heavy atom. The number of pyridine rings is 1. The molecule has 26 heavy (non-hydrogen) atoms. The minimum atomic E-state index is -0.398. The average molecular weight is 362 g/mol. The SMILES string of the molecule is C#Cc1cc(F)c(N(C)C(C)C(C)CNC(=C)OC(C)(C)C)nc1CC. The van der Waals surface area contributed by atoms with Gasteiger partial charge in [-0.1, -0.05) is 19.8 Å². The van der Waals surface area contributed by atoms with Gasteiger partial charge in [-0.25, -0.2) is 9.37 Å². The lowest BCUT2D eigenvalue weighted by Gasteiger charge is -2.32. The second-order valence-corrected chi connectivity index (χ2v) is 7.63. The minimum absolute atomic E-state index is 0.0494. The van der Waals surface area contributed by atoms with E-state index in [0.717, 1.165) is 5.69 Å². The van der Waals surface area contributed by atoms with Crippen LogP contribution in [0.3, 0.4) is 0 Å². The summed E-state index contributed by atoms with van der Waals surface area (Å²) in [4.78, 5) is 6.31. The lowest BCUT2D eigenvalue weighted by molar-refractivity contribution is 0.0404. The van der Waals surface area contributed by atoms with Crippen LogP contribution in [-0.4, -0.2) is 30.2 Å². The van der Waals surface area contributed by atoms with Gasteiger partial charge in [0, 0.05) is 25.2 Å². The molecule has 0 aromatic carbocycles. The normalized spacial score (nSPS) is 13.5. The molecule has 144 valence electrons. The molecule has 1 aromatic rings. The van der Waals surface area contributed by atoms with Crippen molar-refractivity contribution in [2.45, 2.75) is 59.6 Å². The van der Waals surface area contributed by atoms with Gasteiger partial charge in [-0.2, -0.15) is 0 Å². The van der Waals surface area contributed by atoms with Crippen LogP contribution in [-0.2, 0) is 11.2 Å². The quantitative estimate of drug-likeness (QED) is 0.559. The molecule has 0 saturated carbocycles. The van der Waals surface area contributed by atoms with Crippen molar-refractivity contribution in [3.63, 3.8) is 0 Å². The number of rotatable bonds is 8. The molecule has 1 heterocycles. The van der Waals surface area contributed by atoms with Crippen LogP contribution in [0.5, 0.6) is 0 Å². The maximum Gasteiger partial charge on any atom is 0.179 e. The van der Waals surface area contributed by atoms with Crippen molar-refractivity contribution in [2.24, 2.45) is 5.92 Å². The van der Waals surface area contributed by atoms with E-state index in [1.807, 2.05) is 46.6 Å². The smallest absolute Gasteiger partial charge is 0.179 e. The number of hydrogen-bond acceptors (Lipinski definition) is 4. The van der Waals surface area contributed by atoms with E-state index < -0.39 is 5.82 Å². The predicted molar refractivity (Wildman–Crippen MR) is 107 cm³/mol. The van der Waals surface area contributed by atoms with Crippen LogP contribution in [0.25, 0.3) is 0 Å². The summed E-state index contributed by atoms with van der Waals surface area (Å²) in [6.07, 6.45) is 6.11. The molecular formula is C21H32FN3O. The van der Waals surface area contributed by atoms with Crippen molar-refractivity contribution in [1.82, 2.24) is 10.3 Å². The van der Waals surface area contributed by atoms with Crippen LogP contribution < -0.4 is 10.2 Å². The van der Waals surface area contributed by atoms with Crippen LogP contribution in [0.2, 0.25) is 0 Å². The number of ether oxygens (including phenoxy) is 1. The number of halogens is 1. The maximum atomic E-state index is 14.5. The molecule has 0 aliphatic carbocycles. The Morgan fingerprint density at radius 3 is 2.58 bits per heavy atom. The lowest BCUT2D eigenvalue weighted by Crippen LogP contribution is -2.40. The third kappa shape index (κ3) is 5.94. The number of hydrogen-bond donors (Lipinski definition) is 1. The van der Waals surface area contributed by atoms with Crippen molar-refractivity contribution in [1.29, 1.82) is 0 Å². The van der Waals surface area contributed by atoms with Gasteiger partial charge in [-0.15, -0.1) is 6.42 Å². The van der Waals surface area contributed by atoms with Gasteiger partial charge in [0.25, 0.3) is 0 Å². The van der Waals surface area contributed by atoms with Crippen LogP contribution in [0, 0.1) is 24.1 Å². The molecule has 1 N–H and O–H groups in total. The van der Waals surface area contributed by atoms with E-state index >= 15 is 0 Å². The van der Waals surface area contributed by atoms with Crippen molar-refractivity contribution >= 4 is 5.82 Å². The van der Waals surface area contributed by atoms with Crippen molar-refractivity contribution < 1.29 is 9.13 Å². The zero-order valence-electron chi connectivity index (χ0n) is 17.1. The fraction of sp³-hybridized carbons (Fsp3) is 0.571. The molecule has 1 aromatic heterocycles. The standard InChI is InChI=1S/C21H32FN3O/c1-10-17-12-18(22)20(24-19(17)11-2)25(9)15(4)14(3)13-23-16(5)26-21(6,7)8/h1,12,14-15,23H,5,11,13H2,2-4,6-9H3. The monoisotopic (exact) mass is 361 g/mol. The van der Waals surface area contributed by atoms with Gasteiger partial charge in [0.15, 0.2) is 17.5 Å². The van der Waals surface area contributed by atoms with Crippen molar-refractivity contribution in [3.8, 4) is 12.3 Å². The second-order valence-electron chi connectivity index (χ2n) is 7.63. The number of nitrogens with one attached hydrogen (secondary N) is 1. The van der Waals surface area contributed by atoms with E-state index in [0.29, 0.717) is 30.2 Å². The van der Waals surface area contributed by atoms with E-state index in [-0.39, 0.29) is 17.6 Å². The number of terminal acetylenes is 1. The fourth-order valence-corrected chi connectivity index (χ4v) is 2.58. The van der Waals surface area contributed by atoms with Crippen LogP contribution in [0.4, 0.5) is 10.2 Å². The summed E-state index contributed by atoms with van der Waals surface area (Å²) in [5.74, 6) is 3.17. The first-order valence-electron chi connectivity index (χ1n) is 9.00. The van der Waals surface area contributed by atoms with Gasteiger partial charge in [-0.05, 0) is 52.7 Å². The average Bonchev–Trinajstić information content (AvgIpc) is 2.56. The highest BCUT2D eigenvalue weighted by Gasteiger charge is 2.22. The topological polar surface area (TPSA) is 37.4 Å². The van der Waals surface area contributed by atoms with E-state index in [1.165, 1.54) is 6.07 Å². The molecule has 1 rings (SSSR count). The number of aromatic nitrogens is 1. The molecular weight excluding hydrogens is 329 g/mol. The summed E-state index contributed by atoms with van der Waals surface area (Å²) in [6.45, 7) is 16.6. The minimum Gasteiger partial charge on any atom is -0.474 e.